The number of methoxy groups -OCH3 is 1. The van der Waals surface area contributed by atoms with Gasteiger partial charge in [-0.15, -0.1) is 0 Å². The van der Waals surface area contributed by atoms with Crippen LogP contribution in [0.25, 0.3) is 0 Å². The smallest absolute Gasteiger partial charge is 0.407 e. The summed E-state index contributed by atoms with van der Waals surface area (Å²) in [4.78, 5) is 21.7. The molecule has 12 heavy (non-hydrogen) atoms. The number of hydrogen-bond donors (Lipinski definition) is 2. The van der Waals surface area contributed by atoms with Crippen LogP contribution >= 0.6 is 0 Å². The molecule has 1 rings (SSSR count). The lowest BCUT2D eigenvalue weighted by Crippen LogP contribution is -2.61. The molecule has 0 spiro atoms. The number of primary amides is 1. The average Bonchev–Trinajstić information content (AvgIpc) is 1.95. The molecule has 0 unspecified atom stereocenters. The highest BCUT2D eigenvalue weighted by Gasteiger charge is 2.44. The first-order chi connectivity index (χ1) is 5.60. The Hall–Kier alpha value is -1.26. The number of ether oxygens (including phenoxy) is 1. The molecule has 2 amide bonds. The molecule has 5 nitrogen and oxygen atoms in total. The van der Waals surface area contributed by atoms with Crippen molar-refractivity contribution < 1.29 is 14.3 Å². The summed E-state index contributed by atoms with van der Waals surface area (Å²) in [6.45, 7) is 0. The van der Waals surface area contributed by atoms with Crippen LogP contribution in [0.1, 0.15) is 19.3 Å². The van der Waals surface area contributed by atoms with Gasteiger partial charge in [0.15, 0.2) is 0 Å². The Bertz CT molecular complexity index is 211. The second-order valence-electron chi connectivity index (χ2n) is 2.92. The van der Waals surface area contributed by atoms with Crippen molar-refractivity contribution in [1.82, 2.24) is 5.32 Å². The van der Waals surface area contributed by atoms with Crippen molar-refractivity contribution in [3.63, 3.8) is 0 Å². The summed E-state index contributed by atoms with van der Waals surface area (Å²) in [5.74, 6) is -0.487. The third-order valence-electron chi connectivity index (χ3n) is 2.21. The van der Waals surface area contributed by atoms with Crippen molar-refractivity contribution in [1.29, 1.82) is 0 Å². The van der Waals surface area contributed by atoms with E-state index in [-0.39, 0.29) is 0 Å². The molecule has 0 atom stereocenters. The van der Waals surface area contributed by atoms with Gasteiger partial charge in [0.05, 0.1) is 7.11 Å². The number of nitrogens with two attached hydrogens (primary N) is 1. The number of carbonyl (C=O) groups is 2. The summed E-state index contributed by atoms with van der Waals surface area (Å²) in [7, 11) is 1.25. The van der Waals surface area contributed by atoms with Crippen LogP contribution in [0.4, 0.5) is 4.79 Å². The topological polar surface area (TPSA) is 81.4 Å². The first kappa shape index (κ1) is 8.83. The summed E-state index contributed by atoms with van der Waals surface area (Å²) in [5, 5.41) is 2.44. The zero-order chi connectivity index (χ0) is 9.19. The van der Waals surface area contributed by atoms with Crippen LogP contribution in [0, 0.1) is 0 Å². The van der Waals surface area contributed by atoms with Gasteiger partial charge in [-0.2, -0.15) is 0 Å². The summed E-state index contributed by atoms with van der Waals surface area (Å²) in [5.41, 5.74) is 4.29. The predicted molar refractivity (Wildman–Crippen MR) is 41.3 cm³/mol. The Balaban J connectivity index is 2.56. The fourth-order valence-electron chi connectivity index (χ4n) is 1.21. The standard InChI is InChI=1S/C7H12N2O3/c1-12-6(11)9-7(5(8)10)3-2-4-7/h2-4H2,1H3,(H2,8,10)(H,9,11). The van der Waals surface area contributed by atoms with Crippen molar-refractivity contribution in [2.45, 2.75) is 24.8 Å². The highest BCUT2D eigenvalue weighted by molar-refractivity contribution is 5.89. The zero-order valence-electron chi connectivity index (χ0n) is 6.92. The van der Waals surface area contributed by atoms with Crippen molar-refractivity contribution in [3.8, 4) is 0 Å². The molecular weight excluding hydrogens is 160 g/mol. The molecule has 1 aliphatic rings. The molecule has 5 heteroatoms. The number of amides is 2. The van der Waals surface area contributed by atoms with Gasteiger partial charge in [-0.25, -0.2) is 4.79 Å². The molecular formula is C7H12N2O3. The average molecular weight is 172 g/mol. The molecule has 0 bridgehead atoms. The van der Waals surface area contributed by atoms with E-state index in [1.165, 1.54) is 7.11 Å². The van der Waals surface area contributed by atoms with E-state index in [1.807, 2.05) is 0 Å². The molecule has 0 aliphatic heterocycles. The van der Waals surface area contributed by atoms with E-state index in [9.17, 15) is 9.59 Å². The fraction of sp³-hybridized carbons (Fsp3) is 0.714. The van der Waals surface area contributed by atoms with Gasteiger partial charge in [0.25, 0.3) is 0 Å². The predicted octanol–water partition coefficient (Wildman–Crippen LogP) is -0.250. The molecule has 0 radical (unpaired) electrons. The van der Waals surface area contributed by atoms with Crippen LogP contribution in [0.5, 0.6) is 0 Å². The maximum Gasteiger partial charge on any atom is 0.407 e. The summed E-state index contributed by atoms with van der Waals surface area (Å²) < 4.78 is 4.37. The lowest BCUT2D eigenvalue weighted by Gasteiger charge is -2.38. The Morgan fingerprint density at radius 1 is 1.50 bits per heavy atom. The summed E-state index contributed by atoms with van der Waals surface area (Å²) in [6.07, 6.45) is 1.52. The van der Waals surface area contributed by atoms with Crippen LogP contribution < -0.4 is 11.1 Å². The van der Waals surface area contributed by atoms with Crippen LogP contribution in [-0.2, 0) is 9.53 Å². The minimum absolute atomic E-state index is 0.487. The highest BCUT2D eigenvalue weighted by Crippen LogP contribution is 2.31. The van der Waals surface area contributed by atoms with Gasteiger partial charge >= 0.3 is 6.09 Å². The van der Waals surface area contributed by atoms with E-state index in [2.05, 4.69) is 10.1 Å². The normalized spacial score (nSPS) is 19.1. The summed E-state index contributed by atoms with van der Waals surface area (Å²) >= 11 is 0. The molecule has 1 aliphatic carbocycles. The van der Waals surface area contributed by atoms with E-state index in [0.29, 0.717) is 12.8 Å². The van der Waals surface area contributed by atoms with Crippen LogP contribution in [0.3, 0.4) is 0 Å². The Morgan fingerprint density at radius 2 is 2.08 bits per heavy atom. The molecule has 0 aromatic heterocycles. The van der Waals surface area contributed by atoms with Gasteiger partial charge in [-0.3, -0.25) is 4.79 Å². The van der Waals surface area contributed by atoms with Crippen molar-refractivity contribution in [2.75, 3.05) is 7.11 Å². The van der Waals surface area contributed by atoms with Gasteiger partial charge in [-0.05, 0) is 19.3 Å². The number of hydrogen-bond acceptors (Lipinski definition) is 3. The van der Waals surface area contributed by atoms with Gasteiger partial charge in [0, 0.05) is 0 Å². The molecule has 1 fully saturated rings. The van der Waals surface area contributed by atoms with Crippen molar-refractivity contribution in [3.05, 3.63) is 0 Å². The SMILES string of the molecule is COC(=O)NC1(C(N)=O)CCC1. The lowest BCUT2D eigenvalue weighted by atomic mass is 9.76. The quantitative estimate of drug-likeness (QED) is 0.602. The Kier molecular flexibility index (Phi) is 2.21. The minimum atomic E-state index is -0.840. The second-order valence-corrected chi connectivity index (χ2v) is 2.92. The highest BCUT2D eigenvalue weighted by atomic mass is 16.5. The number of alkyl carbamates (subject to hydrolysis) is 1. The third kappa shape index (κ3) is 1.34. The fourth-order valence-corrected chi connectivity index (χ4v) is 1.21. The maximum absolute atomic E-state index is 10.9. The number of nitrogens with one attached hydrogen (secondary N) is 1. The largest absolute Gasteiger partial charge is 0.453 e. The maximum atomic E-state index is 10.9. The second kappa shape index (κ2) is 3.00. The van der Waals surface area contributed by atoms with Gasteiger partial charge in [0.2, 0.25) is 5.91 Å². The molecule has 3 N–H and O–H groups in total. The van der Waals surface area contributed by atoms with Crippen LogP contribution in [0.2, 0.25) is 0 Å². The van der Waals surface area contributed by atoms with E-state index >= 15 is 0 Å². The van der Waals surface area contributed by atoms with E-state index in [1.54, 1.807) is 0 Å². The van der Waals surface area contributed by atoms with Crippen LogP contribution in [-0.4, -0.2) is 24.6 Å². The molecule has 68 valence electrons. The van der Waals surface area contributed by atoms with E-state index in [4.69, 9.17) is 5.73 Å². The van der Waals surface area contributed by atoms with Crippen molar-refractivity contribution in [2.24, 2.45) is 5.73 Å². The minimum Gasteiger partial charge on any atom is -0.453 e. The first-order valence-corrected chi connectivity index (χ1v) is 3.77. The zero-order valence-corrected chi connectivity index (χ0v) is 6.92. The first-order valence-electron chi connectivity index (χ1n) is 3.77. The Labute approximate surface area is 70.2 Å². The van der Waals surface area contributed by atoms with Crippen molar-refractivity contribution >= 4 is 12.0 Å². The van der Waals surface area contributed by atoms with Gasteiger partial charge < -0.3 is 15.8 Å². The molecule has 0 aromatic rings. The monoisotopic (exact) mass is 172 g/mol. The van der Waals surface area contributed by atoms with E-state index < -0.39 is 17.5 Å². The van der Waals surface area contributed by atoms with E-state index in [0.717, 1.165) is 6.42 Å². The third-order valence-corrected chi connectivity index (χ3v) is 2.21. The van der Waals surface area contributed by atoms with Crippen LogP contribution in [0.15, 0.2) is 0 Å². The molecule has 0 saturated heterocycles. The summed E-state index contributed by atoms with van der Waals surface area (Å²) in [6, 6.07) is 0. The Morgan fingerprint density at radius 3 is 2.33 bits per heavy atom. The number of carbonyl (C=O) groups excluding carboxylic acids is 2. The van der Waals surface area contributed by atoms with Gasteiger partial charge in [-0.1, -0.05) is 0 Å². The van der Waals surface area contributed by atoms with Gasteiger partial charge in [0.1, 0.15) is 5.54 Å². The molecule has 0 aromatic carbocycles. The molecule has 1 saturated carbocycles. The molecule has 0 heterocycles. The number of rotatable bonds is 2. The lowest BCUT2D eigenvalue weighted by molar-refractivity contribution is -0.127.